The second-order valence-corrected chi connectivity index (χ2v) is 4.59. The SMILES string of the molecule is CCSCCC(O)c1ccc(C(=O)OC)o1. The quantitative estimate of drug-likeness (QED) is 0.614. The zero-order valence-corrected chi connectivity index (χ0v) is 10.3. The van der Waals surface area contributed by atoms with Crippen molar-refractivity contribution in [3.8, 4) is 0 Å². The van der Waals surface area contributed by atoms with E-state index in [0.717, 1.165) is 11.5 Å². The van der Waals surface area contributed by atoms with E-state index in [1.807, 2.05) is 0 Å². The van der Waals surface area contributed by atoms with Crippen molar-refractivity contribution in [2.24, 2.45) is 0 Å². The van der Waals surface area contributed by atoms with Crippen LogP contribution in [0.4, 0.5) is 0 Å². The Balaban J connectivity index is 2.52. The Morgan fingerprint density at radius 2 is 2.38 bits per heavy atom. The molecule has 0 aliphatic carbocycles. The van der Waals surface area contributed by atoms with Gasteiger partial charge in [-0.2, -0.15) is 11.8 Å². The number of esters is 1. The lowest BCUT2D eigenvalue weighted by atomic mass is 10.2. The van der Waals surface area contributed by atoms with Crippen LogP contribution < -0.4 is 0 Å². The molecule has 16 heavy (non-hydrogen) atoms. The molecule has 0 aliphatic rings. The molecule has 1 unspecified atom stereocenters. The first-order chi connectivity index (χ1) is 7.69. The van der Waals surface area contributed by atoms with Crippen molar-refractivity contribution in [2.45, 2.75) is 19.4 Å². The van der Waals surface area contributed by atoms with Crippen molar-refractivity contribution in [2.75, 3.05) is 18.6 Å². The van der Waals surface area contributed by atoms with Gasteiger partial charge in [0, 0.05) is 0 Å². The summed E-state index contributed by atoms with van der Waals surface area (Å²) in [7, 11) is 1.29. The fourth-order valence-corrected chi connectivity index (χ4v) is 1.90. The number of methoxy groups -OCH3 is 1. The zero-order chi connectivity index (χ0) is 12.0. The summed E-state index contributed by atoms with van der Waals surface area (Å²) in [6.45, 7) is 2.07. The first-order valence-corrected chi connectivity index (χ1v) is 6.28. The lowest BCUT2D eigenvalue weighted by Crippen LogP contribution is -2.00. The monoisotopic (exact) mass is 244 g/mol. The minimum Gasteiger partial charge on any atom is -0.463 e. The van der Waals surface area contributed by atoms with Gasteiger partial charge in [0.2, 0.25) is 5.76 Å². The molecule has 1 rings (SSSR count). The number of hydrogen-bond acceptors (Lipinski definition) is 5. The van der Waals surface area contributed by atoms with Crippen LogP contribution in [0.1, 0.15) is 35.8 Å². The van der Waals surface area contributed by atoms with Crippen LogP contribution in [0.5, 0.6) is 0 Å². The topological polar surface area (TPSA) is 59.7 Å². The van der Waals surface area contributed by atoms with Crippen LogP contribution in [0.3, 0.4) is 0 Å². The maximum absolute atomic E-state index is 11.1. The lowest BCUT2D eigenvalue weighted by Gasteiger charge is -2.06. The molecule has 1 aromatic heterocycles. The van der Waals surface area contributed by atoms with Crippen LogP contribution >= 0.6 is 11.8 Å². The predicted octanol–water partition coefficient (Wildman–Crippen LogP) is 2.24. The average molecular weight is 244 g/mol. The van der Waals surface area contributed by atoms with Crippen LogP contribution in [-0.2, 0) is 4.74 Å². The summed E-state index contributed by atoms with van der Waals surface area (Å²) < 4.78 is 9.70. The van der Waals surface area contributed by atoms with Crippen molar-refractivity contribution in [3.05, 3.63) is 23.7 Å². The number of furan rings is 1. The molecule has 0 radical (unpaired) electrons. The van der Waals surface area contributed by atoms with Crippen molar-refractivity contribution >= 4 is 17.7 Å². The normalized spacial score (nSPS) is 12.4. The third-order valence-electron chi connectivity index (χ3n) is 2.08. The summed E-state index contributed by atoms with van der Waals surface area (Å²) >= 11 is 1.76. The third-order valence-corrected chi connectivity index (χ3v) is 3.01. The highest BCUT2D eigenvalue weighted by atomic mass is 32.2. The highest BCUT2D eigenvalue weighted by Crippen LogP contribution is 2.21. The Morgan fingerprint density at radius 3 is 3.00 bits per heavy atom. The number of carbonyl (C=O) groups excluding carboxylic acids is 1. The molecular formula is C11H16O4S. The van der Waals surface area contributed by atoms with E-state index in [1.165, 1.54) is 13.2 Å². The van der Waals surface area contributed by atoms with E-state index in [-0.39, 0.29) is 5.76 Å². The van der Waals surface area contributed by atoms with Gasteiger partial charge in [0.05, 0.1) is 7.11 Å². The molecule has 0 aliphatic heterocycles. The van der Waals surface area contributed by atoms with Crippen LogP contribution in [0.2, 0.25) is 0 Å². The van der Waals surface area contributed by atoms with Crippen molar-refractivity contribution < 1.29 is 19.1 Å². The smallest absolute Gasteiger partial charge is 0.373 e. The molecule has 0 aromatic carbocycles. The molecule has 0 fully saturated rings. The van der Waals surface area contributed by atoms with Gasteiger partial charge in [0.1, 0.15) is 11.9 Å². The number of rotatable bonds is 6. The Hall–Kier alpha value is -0.940. The minimum atomic E-state index is -0.655. The number of aliphatic hydroxyl groups excluding tert-OH is 1. The van der Waals surface area contributed by atoms with Crippen LogP contribution in [0, 0.1) is 0 Å². The van der Waals surface area contributed by atoms with Gasteiger partial charge < -0.3 is 14.3 Å². The Labute approximate surface area is 99.0 Å². The summed E-state index contributed by atoms with van der Waals surface area (Å²) in [5.41, 5.74) is 0. The lowest BCUT2D eigenvalue weighted by molar-refractivity contribution is 0.0554. The van der Waals surface area contributed by atoms with E-state index in [9.17, 15) is 9.90 Å². The Kier molecular flexibility index (Phi) is 5.42. The largest absolute Gasteiger partial charge is 0.463 e. The van der Waals surface area contributed by atoms with Crippen LogP contribution in [-0.4, -0.2) is 29.7 Å². The number of thioether (sulfide) groups is 1. The molecule has 90 valence electrons. The molecule has 4 nitrogen and oxygen atoms in total. The summed E-state index contributed by atoms with van der Waals surface area (Å²) in [5.74, 6) is 1.91. The van der Waals surface area contributed by atoms with Crippen molar-refractivity contribution in [1.82, 2.24) is 0 Å². The Bertz CT molecular complexity index is 334. The van der Waals surface area contributed by atoms with E-state index in [4.69, 9.17) is 4.42 Å². The highest BCUT2D eigenvalue weighted by Gasteiger charge is 2.16. The van der Waals surface area contributed by atoms with Crippen LogP contribution in [0.25, 0.3) is 0 Å². The number of ether oxygens (including phenoxy) is 1. The zero-order valence-electron chi connectivity index (χ0n) is 9.43. The molecular weight excluding hydrogens is 228 g/mol. The fourth-order valence-electron chi connectivity index (χ4n) is 1.22. The molecule has 1 atom stereocenters. The third kappa shape index (κ3) is 3.57. The molecule has 0 bridgehead atoms. The molecule has 0 saturated heterocycles. The van der Waals surface area contributed by atoms with E-state index in [0.29, 0.717) is 12.2 Å². The van der Waals surface area contributed by atoms with Gasteiger partial charge in [-0.05, 0) is 30.1 Å². The standard InChI is InChI=1S/C11H16O4S/c1-3-16-7-6-8(12)9-4-5-10(15-9)11(13)14-2/h4-5,8,12H,3,6-7H2,1-2H3. The summed E-state index contributed by atoms with van der Waals surface area (Å²) in [5, 5.41) is 9.76. The first-order valence-electron chi connectivity index (χ1n) is 5.13. The fraction of sp³-hybridized carbons (Fsp3) is 0.545. The van der Waals surface area contributed by atoms with E-state index in [1.54, 1.807) is 17.8 Å². The second-order valence-electron chi connectivity index (χ2n) is 3.19. The summed E-state index contributed by atoms with van der Waals surface area (Å²) in [4.78, 5) is 11.1. The average Bonchev–Trinajstić information content (AvgIpc) is 2.77. The molecule has 1 N–H and O–H groups in total. The van der Waals surface area contributed by atoms with E-state index in [2.05, 4.69) is 11.7 Å². The molecule has 0 saturated carbocycles. The Morgan fingerprint density at radius 1 is 1.62 bits per heavy atom. The van der Waals surface area contributed by atoms with Gasteiger partial charge >= 0.3 is 5.97 Å². The number of aliphatic hydroxyl groups is 1. The van der Waals surface area contributed by atoms with E-state index >= 15 is 0 Å². The van der Waals surface area contributed by atoms with Gasteiger partial charge in [-0.25, -0.2) is 4.79 Å². The molecule has 0 amide bonds. The number of hydrogen-bond donors (Lipinski definition) is 1. The van der Waals surface area contributed by atoms with E-state index < -0.39 is 12.1 Å². The maximum Gasteiger partial charge on any atom is 0.373 e. The van der Waals surface area contributed by atoms with Crippen LogP contribution in [0.15, 0.2) is 16.5 Å². The first kappa shape index (κ1) is 13.1. The van der Waals surface area contributed by atoms with Gasteiger partial charge in [0.15, 0.2) is 0 Å². The molecule has 1 aromatic rings. The summed E-state index contributed by atoms with van der Waals surface area (Å²) in [6, 6.07) is 3.12. The maximum atomic E-state index is 11.1. The predicted molar refractivity (Wildman–Crippen MR) is 62.6 cm³/mol. The summed E-state index contributed by atoms with van der Waals surface area (Å²) in [6.07, 6.45) is -0.0374. The molecule has 1 heterocycles. The second kappa shape index (κ2) is 6.60. The van der Waals surface area contributed by atoms with Gasteiger partial charge in [-0.3, -0.25) is 0 Å². The number of carbonyl (C=O) groups is 1. The minimum absolute atomic E-state index is 0.125. The van der Waals surface area contributed by atoms with Crippen molar-refractivity contribution in [1.29, 1.82) is 0 Å². The van der Waals surface area contributed by atoms with Crippen molar-refractivity contribution in [3.63, 3.8) is 0 Å². The highest BCUT2D eigenvalue weighted by molar-refractivity contribution is 7.99. The molecule has 0 spiro atoms. The molecule has 5 heteroatoms. The van der Waals surface area contributed by atoms with Gasteiger partial charge in [-0.1, -0.05) is 6.92 Å². The van der Waals surface area contributed by atoms with Gasteiger partial charge in [-0.15, -0.1) is 0 Å². The van der Waals surface area contributed by atoms with Gasteiger partial charge in [0.25, 0.3) is 0 Å².